The van der Waals surface area contributed by atoms with Gasteiger partial charge in [-0.3, -0.25) is 9.59 Å². The Labute approximate surface area is 154 Å². The minimum atomic E-state index is -1.88. The third kappa shape index (κ3) is 2.28. The van der Waals surface area contributed by atoms with E-state index in [1.165, 1.54) is 6.92 Å². The van der Waals surface area contributed by atoms with Crippen LogP contribution >= 0.6 is 0 Å². The normalized spacial score (nSPS) is 53.4. The van der Waals surface area contributed by atoms with E-state index >= 15 is 4.39 Å². The molecule has 0 amide bonds. The summed E-state index contributed by atoms with van der Waals surface area (Å²) in [6.07, 6.45) is 4.18. The second-order valence-corrected chi connectivity index (χ2v) is 9.84. The molecule has 8 atom stereocenters. The summed E-state index contributed by atoms with van der Waals surface area (Å²) in [7, 11) is 0. The quantitative estimate of drug-likeness (QED) is 0.720. The summed E-state index contributed by atoms with van der Waals surface area (Å²) in [5.41, 5.74) is -2.66. The van der Waals surface area contributed by atoms with Crippen molar-refractivity contribution in [3.05, 3.63) is 0 Å². The number of hydrogen-bond acceptors (Lipinski definition) is 4. The van der Waals surface area contributed by atoms with Crippen LogP contribution in [0, 0.1) is 28.6 Å². The summed E-state index contributed by atoms with van der Waals surface area (Å²) in [6.45, 7) is 5.61. The number of aliphatic hydroxyl groups excluding tert-OH is 1. The minimum Gasteiger partial charge on any atom is -0.462 e. The molecule has 5 heteroatoms. The van der Waals surface area contributed by atoms with Crippen LogP contribution in [0.15, 0.2) is 0 Å². The van der Waals surface area contributed by atoms with Crippen molar-refractivity contribution in [3.63, 3.8) is 0 Å². The van der Waals surface area contributed by atoms with Crippen LogP contribution in [0.1, 0.15) is 72.1 Å². The van der Waals surface area contributed by atoms with Crippen molar-refractivity contribution in [2.45, 2.75) is 90.0 Å². The highest BCUT2D eigenvalue weighted by Gasteiger charge is 2.68. The Morgan fingerprint density at radius 2 is 1.88 bits per heavy atom. The lowest BCUT2D eigenvalue weighted by atomic mass is 9.44. The number of fused-ring (bicyclic) bond motifs is 5. The van der Waals surface area contributed by atoms with Crippen LogP contribution in [0.4, 0.5) is 4.39 Å². The van der Waals surface area contributed by atoms with Crippen LogP contribution in [0.3, 0.4) is 0 Å². The number of carbonyl (C=O) groups excluding carboxylic acids is 2. The van der Waals surface area contributed by atoms with Gasteiger partial charge in [-0.05, 0) is 56.3 Å². The third-order valence-electron chi connectivity index (χ3n) is 8.76. The maximum Gasteiger partial charge on any atom is 0.302 e. The van der Waals surface area contributed by atoms with Crippen molar-refractivity contribution in [1.29, 1.82) is 0 Å². The van der Waals surface area contributed by atoms with Crippen LogP contribution in [0.5, 0.6) is 0 Å². The summed E-state index contributed by atoms with van der Waals surface area (Å²) < 4.78 is 21.6. The van der Waals surface area contributed by atoms with E-state index in [0.29, 0.717) is 18.8 Å². The smallest absolute Gasteiger partial charge is 0.302 e. The number of halogens is 1. The molecule has 1 N–H and O–H groups in total. The monoisotopic (exact) mass is 366 g/mol. The number of aliphatic hydroxyl groups is 1. The Morgan fingerprint density at radius 3 is 2.58 bits per heavy atom. The van der Waals surface area contributed by atoms with Gasteiger partial charge in [0.25, 0.3) is 0 Å². The summed E-state index contributed by atoms with van der Waals surface area (Å²) >= 11 is 0. The van der Waals surface area contributed by atoms with Crippen molar-refractivity contribution in [3.8, 4) is 0 Å². The molecule has 0 saturated heterocycles. The maximum absolute atomic E-state index is 15.9. The first-order chi connectivity index (χ1) is 12.1. The number of alkyl halides is 1. The molecule has 0 heterocycles. The molecule has 0 aliphatic heterocycles. The molecule has 0 spiro atoms. The zero-order valence-electron chi connectivity index (χ0n) is 16.1. The lowest BCUT2D eigenvalue weighted by Gasteiger charge is -2.61. The average Bonchev–Trinajstić information content (AvgIpc) is 2.87. The second kappa shape index (κ2) is 5.76. The van der Waals surface area contributed by atoms with Crippen molar-refractivity contribution >= 4 is 11.8 Å². The highest BCUT2D eigenvalue weighted by atomic mass is 19.1. The van der Waals surface area contributed by atoms with Gasteiger partial charge in [-0.1, -0.05) is 13.8 Å². The molecular weight excluding hydrogens is 335 g/mol. The molecule has 4 aliphatic rings. The predicted molar refractivity (Wildman–Crippen MR) is 94.0 cm³/mol. The van der Waals surface area contributed by atoms with E-state index in [0.717, 1.165) is 25.7 Å². The molecule has 4 aliphatic carbocycles. The van der Waals surface area contributed by atoms with Gasteiger partial charge in [-0.15, -0.1) is 0 Å². The van der Waals surface area contributed by atoms with Crippen LogP contribution in [0.2, 0.25) is 0 Å². The SMILES string of the molecule is CC(=O)O[C@H]1CCC2C3CC(=O)[C@@]4(F)C[C@@H](O)CC[C@]4(C)C3CC[C@@]21C. The Hall–Kier alpha value is -0.970. The molecule has 4 saturated carbocycles. The first kappa shape index (κ1) is 18.4. The molecule has 3 unspecified atom stereocenters. The molecule has 0 aromatic heterocycles. The molecule has 0 aromatic carbocycles. The van der Waals surface area contributed by atoms with Gasteiger partial charge in [-0.2, -0.15) is 0 Å². The maximum atomic E-state index is 15.9. The molecule has 0 radical (unpaired) electrons. The number of ketones is 1. The fourth-order valence-electron chi connectivity index (χ4n) is 7.32. The number of hydrogen-bond donors (Lipinski definition) is 1. The highest BCUT2D eigenvalue weighted by Crippen LogP contribution is 2.67. The van der Waals surface area contributed by atoms with E-state index in [9.17, 15) is 14.7 Å². The van der Waals surface area contributed by atoms with E-state index in [1.807, 2.05) is 6.92 Å². The fourth-order valence-corrected chi connectivity index (χ4v) is 7.32. The van der Waals surface area contributed by atoms with Crippen molar-refractivity contribution in [2.75, 3.05) is 0 Å². The fraction of sp³-hybridized carbons (Fsp3) is 0.905. The molecule has 4 rings (SSSR count). The van der Waals surface area contributed by atoms with Gasteiger partial charge >= 0.3 is 5.97 Å². The van der Waals surface area contributed by atoms with Gasteiger partial charge in [0.05, 0.1) is 6.10 Å². The molecule has 26 heavy (non-hydrogen) atoms. The van der Waals surface area contributed by atoms with E-state index in [1.54, 1.807) is 0 Å². The lowest BCUT2D eigenvalue weighted by molar-refractivity contribution is -0.194. The highest BCUT2D eigenvalue weighted by molar-refractivity contribution is 5.90. The number of rotatable bonds is 1. The van der Waals surface area contributed by atoms with Gasteiger partial charge in [0, 0.05) is 30.6 Å². The molecule has 146 valence electrons. The summed E-state index contributed by atoms with van der Waals surface area (Å²) in [5.74, 6) is 0.107. The van der Waals surface area contributed by atoms with E-state index in [2.05, 4.69) is 6.92 Å². The third-order valence-corrected chi connectivity index (χ3v) is 8.76. The number of esters is 1. The van der Waals surface area contributed by atoms with Crippen LogP contribution in [-0.2, 0) is 14.3 Å². The average molecular weight is 366 g/mol. The molecule has 4 fully saturated rings. The lowest BCUT2D eigenvalue weighted by Crippen LogP contribution is -2.65. The van der Waals surface area contributed by atoms with Gasteiger partial charge in [0.2, 0.25) is 0 Å². The summed E-state index contributed by atoms with van der Waals surface area (Å²) in [5, 5.41) is 10.0. The van der Waals surface area contributed by atoms with Crippen molar-refractivity contribution < 1.29 is 23.8 Å². The van der Waals surface area contributed by atoms with E-state index in [4.69, 9.17) is 4.74 Å². The standard InChI is InChI=1S/C21H31FO4/c1-12(23)26-18-5-4-15-14-10-17(25)21(22)11-13(24)6-9-20(21,3)16(14)7-8-19(15,18)2/h13-16,18,24H,4-11H2,1-3H3/t13-,14?,15?,16?,18-,19-,20+,21-/m0/s1. The Balaban J connectivity index is 1.66. The zero-order chi connectivity index (χ0) is 18.9. The summed E-state index contributed by atoms with van der Waals surface area (Å²) in [6, 6.07) is 0. The summed E-state index contributed by atoms with van der Waals surface area (Å²) in [4.78, 5) is 24.5. The Morgan fingerprint density at radius 1 is 1.15 bits per heavy atom. The van der Waals surface area contributed by atoms with Crippen molar-refractivity contribution in [1.82, 2.24) is 0 Å². The van der Waals surface area contributed by atoms with Gasteiger partial charge in [-0.25, -0.2) is 4.39 Å². The Kier molecular flexibility index (Phi) is 4.08. The molecule has 0 bridgehead atoms. The van der Waals surface area contributed by atoms with Gasteiger partial charge in [0.15, 0.2) is 11.5 Å². The Bertz CT molecular complexity index is 636. The first-order valence-corrected chi connectivity index (χ1v) is 10.2. The predicted octanol–water partition coefficient (Wildman–Crippen LogP) is 3.59. The van der Waals surface area contributed by atoms with Gasteiger partial charge in [0.1, 0.15) is 6.10 Å². The van der Waals surface area contributed by atoms with Crippen LogP contribution < -0.4 is 0 Å². The largest absolute Gasteiger partial charge is 0.462 e. The molecular formula is C21H31FO4. The van der Waals surface area contributed by atoms with Crippen LogP contribution in [-0.4, -0.2) is 34.7 Å². The number of Topliss-reactive ketones (excluding diaryl/α,β-unsaturated/α-hetero) is 1. The molecule has 0 aromatic rings. The number of ether oxygens (including phenoxy) is 1. The van der Waals surface area contributed by atoms with E-state index < -0.39 is 17.2 Å². The number of carbonyl (C=O) groups is 2. The van der Waals surface area contributed by atoms with Crippen LogP contribution in [0.25, 0.3) is 0 Å². The van der Waals surface area contributed by atoms with E-state index in [-0.39, 0.29) is 47.9 Å². The minimum absolute atomic E-state index is 0.0381. The van der Waals surface area contributed by atoms with Crippen molar-refractivity contribution in [2.24, 2.45) is 28.6 Å². The second-order valence-electron chi connectivity index (χ2n) is 9.84. The topological polar surface area (TPSA) is 63.6 Å². The first-order valence-electron chi connectivity index (χ1n) is 10.2. The molecule has 4 nitrogen and oxygen atoms in total. The van der Waals surface area contributed by atoms with Gasteiger partial charge < -0.3 is 9.84 Å². The zero-order valence-corrected chi connectivity index (χ0v) is 16.1.